The Morgan fingerprint density at radius 3 is 2.82 bits per heavy atom. The molecule has 2 atom stereocenters. The number of halogens is 2. The lowest BCUT2D eigenvalue weighted by molar-refractivity contribution is -0.133. The van der Waals surface area contributed by atoms with Gasteiger partial charge in [0.15, 0.2) is 0 Å². The number of carbonyl (C=O) groups is 2. The molecule has 1 aromatic carbocycles. The quantitative estimate of drug-likeness (QED) is 0.784. The average molecular weight is 327 g/mol. The molecular weight excluding hydrogens is 311 g/mol. The highest BCUT2D eigenvalue weighted by Crippen LogP contribution is 2.22. The summed E-state index contributed by atoms with van der Waals surface area (Å²) in [5.74, 6) is -1.27. The molecule has 2 bridgehead atoms. The van der Waals surface area contributed by atoms with Gasteiger partial charge in [0.05, 0.1) is 25.2 Å². The van der Waals surface area contributed by atoms with Crippen molar-refractivity contribution in [2.24, 2.45) is 5.92 Å². The molecule has 118 valence electrons. The van der Waals surface area contributed by atoms with Crippen molar-refractivity contribution < 1.29 is 18.7 Å². The van der Waals surface area contributed by atoms with E-state index < -0.39 is 5.82 Å². The van der Waals surface area contributed by atoms with Crippen molar-refractivity contribution in [3.05, 3.63) is 34.6 Å². The van der Waals surface area contributed by atoms with Crippen LogP contribution in [0.1, 0.15) is 10.4 Å². The van der Waals surface area contributed by atoms with Crippen molar-refractivity contribution in [2.75, 3.05) is 33.4 Å². The number of carbonyl (C=O) groups excluding carboxylic acids is 2. The topological polar surface area (TPSA) is 49.9 Å². The highest BCUT2D eigenvalue weighted by atomic mass is 35.5. The van der Waals surface area contributed by atoms with E-state index in [-0.39, 0.29) is 40.9 Å². The van der Waals surface area contributed by atoms with Crippen molar-refractivity contribution in [1.82, 2.24) is 9.80 Å². The molecule has 2 fully saturated rings. The zero-order valence-corrected chi connectivity index (χ0v) is 12.8. The van der Waals surface area contributed by atoms with Gasteiger partial charge in [0.25, 0.3) is 5.91 Å². The third kappa shape index (κ3) is 2.80. The van der Waals surface area contributed by atoms with Gasteiger partial charge in [-0.1, -0.05) is 11.6 Å². The number of hydrogen-bond acceptors (Lipinski definition) is 3. The molecule has 5 nitrogen and oxygen atoms in total. The molecule has 2 heterocycles. The Hall–Kier alpha value is -1.66. The Bertz CT molecular complexity index is 605. The SMILES string of the molecule is CN1C(=O)[C@H]2COC[C@@H]1CN(C(=O)c1cc(F)cc(Cl)c1)C2. The zero-order valence-electron chi connectivity index (χ0n) is 12.1. The summed E-state index contributed by atoms with van der Waals surface area (Å²) in [6, 6.07) is 3.57. The number of benzene rings is 1. The molecular formula is C15H16ClFN2O3. The average Bonchev–Trinajstić information content (AvgIpc) is 2.63. The summed E-state index contributed by atoms with van der Waals surface area (Å²) >= 11 is 5.81. The number of nitrogens with zero attached hydrogens (tertiary/aromatic N) is 2. The van der Waals surface area contributed by atoms with Crippen molar-refractivity contribution in [3.63, 3.8) is 0 Å². The highest BCUT2D eigenvalue weighted by molar-refractivity contribution is 6.31. The van der Waals surface area contributed by atoms with E-state index in [0.717, 1.165) is 12.1 Å². The minimum absolute atomic E-state index is 0.0184. The summed E-state index contributed by atoms with van der Waals surface area (Å²) in [7, 11) is 1.72. The van der Waals surface area contributed by atoms with Crippen molar-refractivity contribution in [2.45, 2.75) is 6.04 Å². The molecule has 0 radical (unpaired) electrons. The monoisotopic (exact) mass is 326 g/mol. The van der Waals surface area contributed by atoms with Crippen LogP contribution in [0, 0.1) is 11.7 Å². The van der Waals surface area contributed by atoms with Crippen LogP contribution in [0.25, 0.3) is 0 Å². The first-order chi connectivity index (χ1) is 10.5. The molecule has 3 rings (SSSR count). The first kappa shape index (κ1) is 15.2. The lowest BCUT2D eigenvalue weighted by atomic mass is 10.1. The maximum absolute atomic E-state index is 13.5. The Morgan fingerprint density at radius 1 is 1.32 bits per heavy atom. The maximum atomic E-state index is 13.5. The van der Waals surface area contributed by atoms with Gasteiger partial charge in [0.1, 0.15) is 5.82 Å². The molecule has 0 saturated carbocycles. The number of ether oxygens (including phenoxy) is 1. The predicted octanol–water partition coefficient (Wildman–Crippen LogP) is 1.41. The van der Waals surface area contributed by atoms with E-state index in [9.17, 15) is 14.0 Å². The van der Waals surface area contributed by atoms with Crippen molar-refractivity contribution in [3.8, 4) is 0 Å². The number of fused-ring (bicyclic) bond motifs is 3. The third-order valence-electron chi connectivity index (χ3n) is 4.14. The first-order valence-corrected chi connectivity index (χ1v) is 7.43. The summed E-state index contributed by atoms with van der Waals surface area (Å²) in [6.45, 7) is 1.33. The first-order valence-electron chi connectivity index (χ1n) is 7.05. The standard InChI is InChI=1S/C15H16ClFN2O3/c1-18-13-6-19(5-10(14(18)20)7-22-8-13)15(21)9-2-11(16)4-12(17)3-9/h2-4,10,13H,5-8H2,1H3/t10-,13+/m1/s1. The summed E-state index contributed by atoms with van der Waals surface area (Å²) in [5.41, 5.74) is 0.195. The Morgan fingerprint density at radius 2 is 2.09 bits per heavy atom. The second-order valence-electron chi connectivity index (χ2n) is 5.71. The number of likely N-dealkylation sites (N-methyl/N-ethyl adjacent to an activating group) is 1. The Labute approximate surface area is 132 Å². The molecule has 2 aliphatic heterocycles. The van der Waals surface area contributed by atoms with E-state index in [0.29, 0.717) is 19.8 Å². The molecule has 7 heteroatoms. The van der Waals surface area contributed by atoms with Crippen LogP contribution in [0.3, 0.4) is 0 Å². The van der Waals surface area contributed by atoms with E-state index in [1.807, 2.05) is 0 Å². The third-order valence-corrected chi connectivity index (χ3v) is 4.36. The van der Waals surface area contributed by atoms with Crippen LogP contribution in [-0.2, 0) is 9.53 Å². The smallest absolute Gasteiger partial charge is 0.254 e. The van der Waals surface area contributed by atoms with E-state index in [1.165, 1.54) is 6.07 Å². The van der Waals surface area contributed by atoms with Crippen LogP contribution in [0.5, 0.6) is 0 Å². The predicted molar refractivity (Wildman–Crippen MR) is 78.2 cm³/mol. The summed E-state index contributed by atoms with van der Waals surface area (Å²) < 4.78 is 18.9. The molecule has 22 heavy (non-hydrogen) atoms. The van der Waals surface area contributed by atoms with Crippen LogP contribution in [0.4, 0.5) is 4.39 Å². The zero-order chi connectivity index (χ0) is 15.9. The van der Waals surface area contributed by atoms with Crippen molar-refractivity contribution >= 4 is 23.4 Å². The van der Waals surface area contributed by atoms with Gasteiger partial charge in [-0.25, -0.2) is 4.39 Å². The molecule has 1 aromatic rings. The normalized spacial score (nSPS) is 25.1. The van der Waals surface area contributed by atoms with E-state index in [2.05, 4.69) is 0 Å². The fourth-order valence-corrected chi connectivity index (χ4v) is 3.15. The molecule has 0 spiro atoms. The van der Waals surface area contributed by atoms with Gasteiger partial charge in [0.2, 0.25) is 5.91 Å². The van der Waals surface area contributed by atoms with Crippen LogP contribution in [-0.4, -0.2) is 61.0 Å². The second-order valence-corrected chi connectivity index (χ2v) is 6.14. The molecule has 2 saturated heterocycles. The van der Waals surface area contributed by atoms with Gasteiger partial charge in [-0.2, -0.15) is 0 Å². The van der Waals surface area contributed by atoms with Crippen molar-refractivity contribution in [1.29, 1.82) is 0 Å². The number of hydrogen-bond donors (Lipinski definition) is 0. The fraction of sp³-hybridized carbons (Fsp3) is 0.467. The van der Waals surface area contributed by atoms with E-state index >= 15 is 0 Å². The summed E-state index contributed by atoms with van der Waals surface area (Å²) in [5, 5.41) is 0.176. The van der Waals surface area contributed by atoms with Crippen LogP contribution in [0.2, 0.25) is 5.02 Å². The van der Waals surface area contributed by atoms with Gasteiger partial charge in [0, 0.05) is 30.7 Å². The molecule has 0 N–H and O–H groups in total. The van der Waals surface area contributed by atoms with E-state index in [1.54, 1.807) is 16.8 Å². The van der Waals surface area contributed by atoms with Gasteiger partial charge < -0.3 is 14.5 Å². The van der Waals surface area contributed by atoms with Crippen LogP contribution < -0.4 is 0 Å². The van der Waals surface area contributed by atoms with E-state index in [4.69, 9.17) is 16.3 Å². The summed E-state index contributed by atoms with van der Waals surface area (Å²) in [6.07, 6.45) is 0. The van der Waals surface area contributed by atoms with Gasteiger partial charge in [-0.05, 0) is 18.2 Å². The lowest BCUT2D eigenvalue weighted by Gasteiger charge is -2.29. The fourth-order valence-electron chi connectivity index (χ4n) is 2.92. The molecule has 0 aliphatic carbocycles. The largest absolute Gasteiger partial charge is 0.378 e. The molecule has 2 amide bonds. The molecule has 0 aromatic heterocycles. The minimum atomic E-state index is -0.553. The number of amides is 2. The Balaban J connectivity index is 1.88. The lowest BCUT2D eigenvalue weighted by Crippen LogP contribution is -2.45. The van der Waals surface area contributed by atoms with Crippen LogP contribution >= 0.6 is 11.6 Å². The second kappa shape index (κ2) is 5.85. The summed E-state index contributed by atoms with van der Waals surface area (Å²) in [4.78, 5) is 28.1. The minimum Gasteiger partial charge on any atom is -0.378 e. The maximum Gasteiger partial charge on any atom is 0.254 e. The van der Waals surface area contributed by atoms with Gasteiger partial charge in [-0.3, -0.25) is 9.59 Å². The number of rotatable bonds is 1. The van der Waals surface area contributed by atoms with Gasteiger partial charge >= 0.3 is 0 Å². The Kier molecular flexibility index (Phi) is 4.06. The van der Waals surface area contributed by atoms with Gasteiger partial charge in [-0.15, -0.1) is 0 Å². The van der Waals surface area contributed by atoms with Crippen LogP contribution in [0.15, 0.2) is 18.2 Å². The molecule has 0 unspecified atom stereocenters. The molecule has 2 aliphatic rings. The highest BCUT2D eigenvalue weighted by Gasteiger charge is 2.38.